The molecule has 0 bridgehead atoms. The van der Waals surface area contributed by atoms with Crippen LogP contribution in [0.2, 0.25) is 0 Å². The van der Waals surface area contributed by atoms with Crippen LogP contribution >= 0.6 is 11.8 Å². The zero-order chi connectivity index (χ0) is 25.2. The van der Waals surface area contributed by atoms with E-state index in [9.17, 15) is 24.4 Å². The number of hydrogen-bond donors (Lipinski definition) is 2. The van der Waals surface area contributed by atoms with E-state index in [2.05, 4.69) is 5.32 Å². The van der Waals surface area contributed by atoms with E-state index < -0.39 is 17.2 Å². The van der Waals surface area contributed by atoms with Crippen molar-refractivity contribution in [1.82, 2.24) is 10.4 Å². The van der Waals surface area contributed by atoms with Crippen molar-refractivity contribution < 1.29 is 24.4 Å². The van der Waals surface area contributed by atoms with Gasteiger partial charge in [-0.15, -0.1) is 0 Å². The Morgan fingerprint density at radius 2 is 1.67 bits per heavy atom. The minimum Gasteiger partial charge on any atom is -0.355 e. The van der Waals surface area contributed by atoms with Crippen molar-refractivity contribution in [3.05, 3.63) is 30.3 Å². The Bertz CT molecular complexity index is 808. The smallest absolute Gasteiger partial charge is 0.247 e. The number of nitrogens with zero attached hydrogens (tertiary/aromatic N) is 2. The van der Waals surface area contributed by atoms with Gasteiger partial charge in [-0.3, -0.25) is 24.4 Å². The van der Waals surface area contributed by atoms with Crippen LogP contribution in [0.25, 0.3) is 0 Å². The second kappa shape index (κ2) is 13.3. The van der Waals surface area contributed by atoms with Crippen molar-refractivity contribution in [2.75, 3.05) is 24.4 Å². The molecule has 0 aliphatic rings. The molecule has 184 valence electrons. The molecule has 0 heterocycles. The fraction of sp³-hybridized carbons (Fsp3) is 0.583. The van der Waals surface area contributed by atoms with Crippen molar-refractivity contribution in [3.8, 4) is 0 Å². The van der Waals surface area contributed by atoms with E-state index in [4.69, 9.17) is 0 Å². The lowest BCUT2D eigenvalue weighted by Crippen LogP contribution is -2.38. The fourth-order valence-corrected chi connectivity index (χ4v) is 3.79. The molecule has 1 aromatic rings. The molecule has 3 amide bonds. The summed E-state index contributed by atoms with van der Waals surface area (Å²) in [4.78, 5) is 51.1. The number of amides is 3. The average molecular weight is 480 g/mol. The number of carbonyl (C=O) groups excluding carboxylic acids is 4. The number of hydroxylamine groups is 2. The zero-order valence-electron chi connectivity index (χ0n) is 20.5. The van der Waals surface area contributed by atoms with Gasteiger partial charge < -0.3 is 10.2 Å². The maximum atomic E-state index is 12.7. The third-order valence-corrected chi connectivity index (χ3v) is 6.17. The van der Waals surface area contributed by atoms with Crippen molar-refractivity contribution in [3.63, 3.8) is 0 Å². The van der Waals surface area contributed by atoms with Crippen LogP contribution in [0.5, 0.6) is 0 Å². The van der Waals surface area contributed by atoms with Gasteiger partial charge in [0.2, 0.25) is 17.7 Å². The molecular formula is C24H37N3O5S. The fourth-order valence-electron chi connectivity index (χ4n) is 2.98. The molecule has 2 N–H and O–H groups in total. The van der Waals surface area contributed by atoms with Gasteiger partial charge in [0.05, 0.1) is 0 Å². The summed E-state index contributed by atoms with van der Waals surface area (Å²) < 4.78 is 0. The van der Waals surface area contributed by atoms with Gasteiger partial charge in [-0.1, -0.05) is 64.6 Å². The Labute approximate surface area is 201 Å². The second-order valence-corrected chi connectivity index (χ2v) is 10.4. The molecule has 0 spiro atoms. The van der Waals surface area contributed by atoms with Crippen molar-refractivity contribution in [2.24, 2.45) is 17.3 Å². The monoisotopic (exact) mass is 479 g/mol. The Balaban J connectivity index is 2.59. The van der Waals surface area contributed by atoms with Gasteiger partial charge in [0.15, 0.2) is 5.12 Å². The van der Waals surface area contributed by atoms with Crippen LogP contribution in [-0.4, -0.2) is 52.6 Å². The Morgan fingerprint density at radius 1 is 1.06 bits per heavy atom. The Morgan fingerprint density at radius 3 is 2.21 bits per heavy atom. The molecule has 1 aromatic carbocycles. The largest absolute Gasteiger partial charge is 0.355 e. The van der Waals surface area contributed by atoms with E-state index in [1.807, 2.05) is 44.2 Å². The predicted molar refractivity (Wildman–Crippen MR) is 131 cm³/mol. The molecule has 0 saturated heterocycles. The third kappa shape index (κ3) is 10.4. The highest BCUT2D eigenvalue weighted by molar-refractivity contribution is 8.13. The molecule has 0 aliphatic heterocycles. The molecule has 1 rings (SSSR count). The van der Waals surface area contributed by atoms with Crippen LogP contribution < -0.4 is 10.2 Å². The zero-order valence-corrected chi connectivity index (χ0v) is 21.3. The average Bonchev–Trinajstić information content (AvgIpc) is 2.75. The van der Waals surface area contributed by atoms with Gasteiger partial charge >= 0.3 is 0 Å². The quantitative estimate of drug-likeness (QED) is 0.285. The first-order chi connectivity index (χ1) is 15.3. The third-order valence-electron chi connectivity index (χ3n) is 4.92. The number of carbonyl (C=O) groups is 4. The van der Waals surface area contributed by atoms with Crippen LogP contribution in [0.4, 0.5) is 5.69 Å². The van der Waals surface area contributed by atoms with E-state index in [1.54, 1.807) is 27.8 Å². The highest BCUT2D eigenvalue weighted by Crippen LogP contribution is 2.24. The first-order valence-electron chi connectivity index (χ1n) is 11.1. The molecule has 0 radical (unpaired) electrons. The lowest BCUT2D eigenvalue weighted by atomic mass is 9.93. The highest BCUT2D eigenvalue weighted by atomic mass is 32.2. The summed E-state index contributed by atoms with van der Waals surface area (Å²) in [6.07, 6.45) is 0.400. The minimum absolute atomic E-state index is 0.122. The molecule has 1 atom stereocenters. The second-order valence-electron chi connectivity index (χ2n) is 9.46. The van der Waals surface area contributed by atoms with Crippen molar-refractivity contribution >= 4 is 40.3 Å². The first kappa shape index (κ1) is 28.6. The summed E-state index contributed by atoms with van der Waals surface area (Å²) in [6, 6.07) is 9.21. The number of benzene rings is 1. The summed E-state index contributed by atoms with van der Waals surface area (Å²) in [5.74, 6) is -1.77. The minimum atomic E-state index is -0.641. The van der Waals surface area contributed by atoms with Gasteiger partial charge in [0.25, 0.3) is 0 Å². The lowest BCUT2D eigenvalue weighted by Gasteiger charge is -2.22. The van der Waals surface area contributed by atoms with E-state index in [0.29, 0.717) is 11.5 Å². The summed E-state index contributed by atoms with van der Waals surface area (Å²) in [7, 11) is 1.68. The molecule has 8 nitrogen and oxygen atoms in total. The lowest BCUT2D eigenvalue weighted by molar-refractivity contribution is -0.163. The SMILES string of the molecule is CC(C)C[C@H](CC(=O)N(O)CSC(=O)C(C)(C)C)C(=O)NCCC(=O)N(C)c1ccccc1. The van der Waals surface area contributed by atoms with Crippen LogP contribution in [0, 0.1) is 17.3 Å². The molecule has 9 heteroatoms. The van der Waals surface area contributed by atoms with E-state index in [1.165, 1.54) is 4.90 Å². The summed E-state index contributed by atoms with van der Waals surface area (Å²) >= 11 is 0.861. The van der Waals surface area contributed by atoms with Gasteiger partial charge in [0, 0.05) is 43.5 Å². The topological polar surface area (TPSA) is 107 Å². The number of thioether (sulfide) groups is 1. The van der Waals surface area contributed by atoms with Gasteiger partial charge in [-0.25, -0.2) is 5.06 Å². The van der Waals surface area contributed by atoms with Crippen LogP contribution in [0.15, 0.2) is 30.3 Å². The number of anilines is 1. The maximum Gasteiger partial charge on any atom is 0.247 e. The standard InChI is InChI=1S/C24H37N3O5S/c1-17(2)14-18(15-21(29)27(32)16-33-23(31)24(3,4)5)22(30)25-13-12-20(28)26(6)19-10-8-7-9-11-19/h7-11,17-18,32H,12-16H2,1-6H3,(H,25,30)/t18-/m1/s1. The van der Waals surface area contributed by atoms with Crippen LogP contribution in [0.1, 0.15) is 53.9 Å². The van der Waals surface area contributed by atoms with Crippen molar-refractivity contribution in [1.29, 1.82) is 0 Å². The number of hydrogen-bond acceptors (Lipinski definition) is 6. The van der Waals surface area contributed by atoms with Gasteiger partial charge in [-0.2, -0.15) is 0 Å². The predicted octanol–water partition coefficient (Wildman–Crippen LogP) is 3.69. The molecular weight excluding hydrogens is 442 g/mol. The van der Waals surface area contributed by atoms with E-state index in [-0.39, 0.29) is 48.1 Å². The van der Waals surface area contributed by atoms with Gasteiger partial charge in [-0.05, 0) is 24.5 Å². The van der Waals surface area contributed by atoms with E-state index >= 15 is 0 Å². The molecule has 0 aromatic heterocycles. The van der Waals surface area contributed by atoms with Crippen LogP contribution in [-0.2, 0) is 19.2 Å². The molecule has 0 aliphatic carbocycles. The summed E-state index contributed by atoms with van der Waals surface area (Å²) in [6.45, 7) is 9.32. The molecule has 0 fully saturated rings. The van der Waals surface area contributed by atoms with Crippen molar-refractivity contribution in [2.45, 2.75) is 53.9 Å². The normalized spacial score (nSPS) is 12.2. The van der Waals surface area contributed by atoms with Crippen LogP contribution in [0.3, 0.4) is 0 Å². The number of nitrogens with one attached hydrogen (secondary N) is 1. The molecule has 33 heavy (non-hydrogen) atoms. The summed E-state index contributed by atoms with van der Waals surface area (Å²) in [5, 5.41) is 13.1. The first-order valence-corrected chi connectivity index (χ1v) is 12.1. The summed E-state index contributed by atoms with van der Waals surface area (Å²) in [5.41, 5.74) is 0.184. The number of rotatable bonds is 11. The maximum absolute atomic E-state index is 12.7. The van der Waals surface area contributed by atoms with Gasteiger partial charge in [0.1, 0.15) is 5.88 Å². The Kier molecular flexibility index (Phi) is 11.6. The molecule has 0 unspecified atom stereocenters. The van der Waals surface area contributed by atoms with E-state index in [0.717, 1.165) is 17.4 Å². The Hall–Kier alpha value is -2.39. The highest BCUT2D eigenvalue weighted by Gasteiger charge is 2.27. The number of para-hydroxylation sites is 1. The molecule has 0 saturated carbocycles.